The van der Waals surface area contributed by atoms with Gasteiger partial charge in [-0.05, 0) is 60.6 Å². The summed E-state index contributed by atoms with van der Waals surface area (Å²) >= 11 is 0. The summed E-state index contributed by atoms with van der Waals surface area (Å²) in [5.74, 6) is -0.0351. The first-order valence-electron chi connectivity index (χ1n) is 13.1. The average molecular weight is 495 g/mol. The van der Waals surface area contributed by atoms with E-state index in [1.54, 1.807) is 4.90 Å². The average Bonchev–Trinajstić information content (AvgIpc) is 3.69. The summed E-state index contributed by atoms with van der Waals surface area (Å²) in [4.78, 5) is 33.8. The van der Waals surface area contributed by atoms with E-state index in [0.29, 0.717) is 13.1 Å². The van der Waals surface area contributed by atoms with E-state index in [9.17, 15) is 9.59 Å². The molecule has 0 radical (unpaired) electrons. The molecule has 1 heterocycles. The molecule has 5 rings (SSSR count). The molecule has 0 bridgehead atoms. The van der Waals surface area contributed by atoms with Crippen LogP contribution in [0.1, 0.15) is 36.5 Å². The van der Waals surface area contributed by atoms with E-state index in [1.807, 2.05) is 77.8 Å². The highest BCUT2D eigenvalue weighted by molar-refractivity contribution is 5.93. The van der Waals surface area contributed by atoms with Crippen LogP contribution in [-0.2, 0) is 24.2 Å². The molecule has 37 heavy (non-hydrogen) atoms. The second kappa shape index (κ2) is 11.3. The topological polar surface area (TPSA) is 68.4 Å². The van der Waals surface area contributed by atoms with Crippen LogP contribution in [0, 0.1) is 0 Å². The van der Waals surface area contributed by atoms with E-state index >= 15 is 0 Å². The first-order chi connectivity index (χ1) is 18.1. The Morgan fingerprint density at radius 1 is 0.919 bits per heavy atom. The molecule has 3 aromatic carbocycles. The van der Waals surface area contributed by atoms with Crippen molar-refractivity contribution < 1.29 is 9.59 Å². The molecule has 3 amide bonds. The van der Waals surface area contributed by atoms with Crippen molar-refractivity contribution in [3.8, 4) is 0 Å². The summed E-state index contributed by atoms with van der Waals surface area (Å²) in [6.07, 6.45) is 5.59. The number of rotatable bonds is 10. The first kappa shape index (κ1) is 24.6. The van der Waals surface area contributed by atoms with Gasteiger partial charge in [0.25, 0.3) is 0 Å². The minimum Gasteiger partial charge on any atom is -0.361 e. The molecule has 1 saturated carbocycles. The van der Waals surface area contributed by atoms with Gasteiger partial charge in [-0.1, -0.05) is 67.6 Å². The molecule has 1 aliphatic carbocycles. The molecular formula is C31H34N4O2. The van der Waals surface area contributed by atoms with Crippen LogP contribution >= 0.6 is 0 Å². The van der Waals surface area contributed by atoms with Crippen LogP contribution in [-0.4, -0.2) is 45.9 Å². The number of hydrogen-bond acceptors (Lipinski definition) is 2. The Balaban J connectivity index is 1.29. The number of amides is 3. The standard InChI is InChI=1S/C31H34N4O2/c1-2-23-12-14-26(15-13-23)33-31(37)35(27-16-17-27)22-30(36)34(21-24-8-4-3-5-9-24)19-18-25-20-32-29-11-7-6-10-28(25)29/h3-15,20,27,32H,2,16-19,21-22H2,1H3,(H,33,37). The number of fused-ring (bicyclic) bond motifs is 1. The lowest BCUT2D eigenvalue weighted by Crippen LogP contribution is -2.45. The van der Waals surface area contributed by atoms with Crippen LogP contribution in [0.3, 0.4) is 0 Å². The molecule has 2 N–H and O–H groups in total. The van der Waals surface area contributed by atoms with Crippen LogP contribution in [0.25, 0.3) is 10.9 Å². The zero-order valence-corrected chi connectivity index (χ0v) is 21.3. The molecule has 0 spiro atoms. The van der Waals surface area contributed by atoms with Crippen LogP contribution in [0.5, 0.6) is 0 Å². The molecule has 4 aromatic rings. The number of aromatic amines is 1. The van der Waals surface area contributed by atoms with Gasteiger partial charge in [0, 0.05) is 41.9 Å². The number of carbonyl (C=O) groups excluding carboxylic acids is 2. The number of anilines is 1. The van der Waals surface area contributed by atoms with Gasteiger partial charge in [0.1, 0.15) is 6.54 Å². The van der Waals surface area contributed by atoms with E-state index in [1.165, 1.54) is 16.5 Å². The summed E-state index contributed by atoms with van der Waals surface area (Å²) in [5.41, 5.74) is 5.34. The summed E-state index contributed by atoms with van der Waals surface area (Å²) in [6.45, 7) is 3.27. The molecule has 0 unspecified atom stereocenters. The largest absolute Gasteiger partial charge is 0.361 e. The Bertz CT molecular complexity index is 1340. The maximum absolute atomic E-state index is 13.7. The van der Waals surface area contributed by atoms with Crippen LogP contribution in [0.4, 0.5) is 10.5 Å². The highest BCUT2D eigenvalue weighted by Gasteiger charge is 2.35. The van der Waals surface area contributed by atoms with E-state index in [4.69, 9.17) is 0 Å². The number of nitrogens with zero attached hydrogens (tertiary/aromatic N) is 2. The van der Waals surface area contributed by atoms with Crippen molar-refractivity contribution >= 4 is 28.5 Å². The van der Waals surface area contributed by atoms with Gasteiger partial charge >= 0.3 is 6.03 Å². The Morgan fingerprint density at radius 3 is 2.38 bits per heavy atom. The third-order valence-corrected chi connectivity index (χ3v) is 7.06. The zero-order chi connectivity index (χ0) is 25.6. The molecule has 190 valence electrons. The van der Waals surface area contributed by atoms with Gasteiger partial charge < -0.3 is 20.1 Å². The zero-order valence-electron chi connectivity index (χ0n) is 21.3. The number of aryl methyl sites for hydroxylation is 1. The summed E-state index contributed by atoms with van der Waals surface area (Å²) in [5, 5.41) is 4.18. The number of carbonyl (C=O) groups is 2. The van der Waals surface area contributed by atoms with E-state index in [2.05, 4.69) is 29.4 Å². The predicted molar refractivity (Wildman–Crippen MR) is 148 cm³/mol. The van der Waals surface area contributed by atoms with Gasteiger partial charge in [0.05, 0.1) is 0 Å². The number of para-hydroxylation sites is 1. The van der Waals surface area contributed by atoms with E-state index in [0.717, 1.165) is 42.5 Å². The molecule has 0 aliphatic heterocycles. The van der Waals surface area contributed by atoms with Crippen LogP contribution < -0.4 is 5.32 Å². The van der Waals surface area contributed by atoms with Crippen molar-refractivity contribution in [1.82, 2.24) is 14.8 Å². The van der Waals surface area contributed by atoms with E-state index < -0.39 is 0 Å². The fraction of sp³-hybridized carbons (Fsp3) is 0.290. The van der Waals surface area contributed by atoms with Crippen LogP contribution in [0.2, 0.25) is 0 Å². The minimum absolute atomic E-state index is 0.0351. The molecule has 1 fully saturated rings. The number of urea groups is 1. The normalized spacial score (nSPS) is 12.9. The fourth-order valence-corrected chi connectivity index (χ4v) is 4.71. The second-order valence-corrected chi connectivity index (χ2v) is 9.75. The van der Waals surface area contributed by atoms with Gasteiger partial charge in [-0.15, -0.1) is 0 Å². The fourth-order valence-electron chi connectivity index (χ4n) is 4.71. The molecule has 0 saturated heterocycles. The summed E-state index contributed by atoms with van der Waals surface area (Å²) in [7, 11) is 0. The quantitative estimate of drug-likeness (QED) is 0.284. The van der Waals surface area contributed by atoms with Crippen molar-refractivity contribution in [2.45, 2.75) is 45.2 Å². The summed E-state index contributed by atoms with van der Waals surface area (Å²) < 4.78 is 0. The van der Waals surface area contributed by atoms with E-state index in [-0.39, 0.29) is 24.5 Å². The Hall–Kier alpha value is -4.06. The Morgan fingerprint density at radius 2 is 1.65 bits per heavy atom. The highest BCUT2D eigenvalue weighted by atomic mass is 16.2. The van der Waals surface area contributed by atoms with Crippen molar-refractivity contribution in [3.05, 3.63) is 102 Å². The smallest absolute Gasteiger partial charge is 0.322 e. The monoisotopic (exact) mass is 494 g/mol. The lowest BCUT2D eigenvalue weighted by Gasteiger charge is -2.28. The lowest BCUT2D eigenvalue weighted by molar-refractivity contribution is -0.132. The molecule has 0 atom stereocenters. The van der Waals surface area contributed by atoms with Crippen molar-refractivity contribution in [2.24, 2.45) is 0 Å². The number of benzene rings is 3. The molecule has 6 heteroatoms. The Kier molecular flexibility index (Phi) is 7.54. The molecular weight excluding hydrogens is 460 g/mol. The number of aromatic nitrogens is 1. The first-order valence-corrected chi connectivity index (χ1v) is 13.1. The Labute approximate surface area is 218 Å². The van der Waals surface area contributed by atoms with Gasteiger partial charge in [-0.2, -0.15) is 0 Å². The van der Waals surface area contributed by atoms with Crippen LogP contribution in [0.15, 0.2) is 85.1 Å². The predicted octanol–water partition coefficient (Wildman–Crippen LogP) is 6.00. The SMILES string of the molecule is CCc1ccc(NC(=O)N(CC(=O)N(CCc2c[nH]c3ccccc23)Cc2ccccc2)C2CC2)cc1. The van der Waals surface area contributed by atoms with Gasteiger partial charge in [-0.3, -0.25) is 4.79 Å². The van der Waals surface area contributed by atoms with Crippen molar-refractivity contribution in [2.75, 3.05) is 18.4 Å². The van der Waals surface area contributed by atoms with Gasteiger partial charge in [0.2, 0.25) is 5.91 Å². The van der Waals surface area contributed by atoms with Gasteiger partial charge in [-0.25, -0.2) is 4.79 Å². The minimum atomic E-state index is -0.212. The third kappa shape index (κ3) is 6.20. The third-order valence-electron chi connectivity index (χ3n) is 7.06. The summed E-state index contributed by atoms with van der Waals surface area (Å²) in [6, 6.07) is 26.1. The second-order valence-electron chi connectivity index (χ2n) is 9.75. The number of hydrogen-bond donors (Lipinski definition) is 2. The van der Waals surface area contributed by atoms with Crippen molar-refractivity contribution in [3.63, 3.8) is 0 Å². The van der Waals surface area contributed by atoms with Gasteiger partial charge in [0.15, 0.2) is 0 Å². The number of H-pyrrole nitrogens is 1. The molecule has 6 nitrogen and oxygen atoms in total. The van der Waals surface area contributed by atoms with Crippen molar-refractivity contribution in [1.29, 1.82) is 0 Å². The molecule has 1 aromatic heterocycles. The highest BCUT2D eigenvalue weighted by Crippen LogP contribution is 2.28. The lowest BCUT2D eigenvalue weighted by atomic mass is 10.1. The maximum Gasteiger partial charge on any atom is 0.322 e. The molecule has 1 aliphatic rings. The maximum atomic E-state index is 13.7. The number of nitrogens with one attached hydrogen (secondary N) is 2.